The summed E-state index contributed by atoms with van der Waals surface area (Å²) in [7, 11) is 0. The molecule has 0 aromatic carbocycles. The van der Waals surface area contributed by atoms with Crippen LogP contribution in [0.15, 0.2) is 4.73 Å². The summed E-state index contributed by atoms with van der Waals surface area (Å²) in [5, 5.41) is 3.97. The summed E-state index contributed by atoms with van der Waals surface area (Å²) >= 11 is 3.24. The maximum absolute atomic E-state index is 5.42. The zero-order chi connectivity index (χ0) is 11.1. The third-order valence-corrected chi connectivity index (χ3v) is 2.25. The third kappa shape index (κ3) is 4.59. The van der Waals surface area contributed by atoms with Crippen LogP contribution in [0.2, 0.25) is 0 Å². The van der Waals surface area contributed by atoms with E-state index in [-0.39, 0.29) is 5.95 Å². The molecule has 1 rings (SSSR count). The lowest BCUT2D eigenvalue weighted by molar-refractivity contribution is 0.0486. The molecule has 0 spiro atoms. The van der Waals surface area contributed by atoms with Gasteiger partial charge >= 0.3 is 0 Å². The fourth-order valence-corrected chi connectivity index (χ4v) is 1.44. The molecule has 0 aliphatic heterocycles. The SMILES string of the molecule is CCOCCOCCn1nc(N)nc1Br. The summed E-state index contributed by atoms with van der Waals surface area (Å²) in [6.07, 6.45) is 0. The first-order chi connectivity index (χ1) is 7.24. The van der Waals surface area contributed by atoms with Crippen molar-refractivity contribution in [1.82, 2.24) is 14.8 Å². The van der Waals surface area contributed by atoms with E-state index in [2.05, 4.69) is 26.0 Å². The van der Waals surface area contributed by atoms with E-state index in [0.717, 1.165) is 0 Å². The van der Waals surface area contributed by atoms with Crippen LogP contribution in [-0.4, -0.2) is 41.2 Å². The van der Waals surface area contributed by atoms with Crippen LogP contribution < -0.4 is 5.73 Å². The molecular weight excluding hydrogens is 264 g/mol. The molecule has 0 bridgehead atoms. The molecule has 0 saturated carbocycles. The van der Waals surface area contributed by atoms with Gasteiger partial charge in [-0.1, -0.05) is 0 Å². The molecule has 1 aromatic rings. The summed E-state index contributed by atoms with van der Waals surface area (Å²) in [6, 6.07) is 0. The summed E-state index contributed by atoms with van der Waals surface area (Å²) < 4.78 is 12.7. The van der Waals surface area contributed by atoms with Gasteiger partial charge in [0.1, 0.15) is 0 Å². The Morgan fingerprint density at radius 1 is 1.33 bits per heavy atom. The van der Waals surface area contributed by atoms with Crippen molar-refractivity contribution in [2.75, 3.05) is 32.2 Å². The normalized spacial score (nSPS) is 10.8. The zero-order valence-corrected chi connectivity index (χ0v) is 10.2. The predicted molar refractivity (Wildman–Crippen MR) is 59.4 cm³/mol. The topological polar surface area (TPSA) is 75.2 Å². The molecule has 2 N–H and O–H groups in total. The number of nitrogens with two attached hydrogens (primary N) is 1. The molecule has 0 saturated heterocycles. The van der Waals surface area contributed by atoms with Crippen molar-refractivity contribution in [1.29, 1.82) is 0 Å². The van der Waals surface area contributed by atoms with Crippen LogP contribution in [-0.2, 0) is 16.0 Å². The van der Waals surface area contributed by atoms with Crippen LogP contribution in [0.5, 0.6) is 0 Å². The summed E-state index contributed by atoms with van der Waals surface area (Å²) in [5.41, 5.74) is 5.42. The Bertz CT molecular complexity index is 292. The number of aromatic nitrogens is 3. The van der Waals surface area contributed by atoms with Gasteiger partial charge in [0.2, 0.25) is 5.95 Å². The number of hydrogen-bond acceptors (Lipinski definition) is 5. The lowest BCUT2D eigenvalue weighted by atomic mass is 10.7. The number of rotatable bonds is 7. The molecule has 1 aromatic heterocycles. The standard InChI is InChI=1S/C8H15BrN4O2/c1-2-14-5-6-15-4-3-13-7(9)11-8(10)12-13/h2-6H2,1H3,(H2,10,12). The van der Waals surface area contributed by atoms with Gasteiger partial charge in [0.15, 0.2) is 4.73 Å². The second kappa shape index (κ2) is 6.76. The first kappa shape index (κ1) is 12.4. The van der Waals surface area contributed by atoms with Crippen molar-refractivity contribution in [3.05, 3.63) is 4.73 Å². The molecule has 7 heteroatoms. The third-order valence-electron chi connectivity index (χ3n) is 1.67. The Hall–Kier alpha value is -0.660. The first-order valence-corrected chi connectivity index (χ1v) is 5.54. The van der Waals surface area contributed by atoms with E-state index in [1.165, 1.54) is 0 Å². The van der Waals surface area contributed by atoms with Crippen LogP contribution >= 0.6 is 15.9 Å². The van der Waals surface area contributed by atoms with Crippen molar-refractivity contribution in [3.8, 4) is 0 Å². The van der Waals surface area contributed by atoms with E-state index < -0.39 is 0 Å². The minimum atomic E-state index is 0.260. The number of nitrogen functional groups attached to an aromatic ring is 1. The van der Waals surface area contributed by atoms with Gasteiger partial charge in [0, 0.05) is 6.61 Å². The summed E-state index contributed by atoms with van der Waals surface area (Å²) in [6.45, 7) is 5.07. The highest BCUT2D eigenvalue weighted by Gasteiger charge is 2.03. The molecule has 6 nitrogen and oxygen atoms in total. The largest absolute Gasteiger partial charge is 0.379 e. The van der Waals surface area contributed by atoms with Crippen molar-refractivity contribution in [2.24, 2.45) is 0 Å². The second-order valence-corrected chi connectivity index (χ2v) is 3.48. The number of ether oxygens (including phenoxy) is 2. The Morgan fingerprint density at radius 3 is 2.67 bits per heavy atom. The Kier molecular flexibility index (Phi) is 5.59. The molecule has 0 aliphatic rings. The van der Waals surface area contributed by atoms with Crippen LogP contribution in [0.1, 0.15) is 6.92 Å². The molecular formula is C8H15BrN4O2. The number of anilines is 1. The highest BCUT2D eigenvalue weighted by molar-refractivity contribution is 9.10. The molecule has 0 aliphatic carbocycles. The minimum Gasteiger partial charge on any atom is -0.379 e. The molecule has 1 heterocycles. The van der Waals surface area contributed by atoms with E-state index in [9.17, 15) is 0 Å². The van der Waals surface area contributed by atoms with Crippen LogP contribution in [0.3, 0.4) is 0 Å². The minimum absolute atomic E-state index is 0.260. The van der Waals surface area contributed by atoms with Gasteiger partial charge < -0.3 is 15.2 Å². The van der Waals surface area contributed by atoms with E-state index in [1.54, 1.807) is 4.68 Å². The lowest BCUT2D eigenvalue weighted by Gasteiger charge is -2.04. The fourth-order valence-electron chi connectivity index (χ4n) is 0.997. The Balaban J connectivity index is 2.12. The number of hydrogen-bond donors (Lipinski definition) is 1. The van der Waals surface area contributed by atoms with Gasteiger partial charge in [-0.3, -0.25) is 0 Å². The van der Waals surface area contributed by atoms with E-state index in [1.807, 2.05) is 6.92 Å². The van der Waals surface area contributed by atoms with Gasteiger partial charge in [-0.25, -0.2) is 4.68 Å². The first-order valence-electron chi connectivity index (χ1n) is 4.75. The van der Waals surface area contributed by atoms with Crippen LogP contribution in [0.4, 0.5) is 5.95 Å². The molecule has 0 unspecified atom stereocenters. The Labute approximate surface area is 96.9 Å². The predicted octanol–water partition coefficient (Wildman–Crippen LogP) is 0.676. The smallest absolute Gasteiger partial charge is 0.240 e. The number of halogens is 1. The van der Waals surface area contributed by atoms with Crippen molar-refractivity contribution in [3.63, 3.8) is 0 Å². The summed E-state index contributed by atoms with van der Waals surface area (Å²) in [5.74, 6) is 0.260. The monoisotopic (exact) mass is 278 g/mol. The molecule has 0 atom stereocenters. The van der Waals surface area contributed by atoms with E-state index >= 15 is 0 Å². The van der Waals surface area contributed by atoms with Gasteiger partial charge in [-0.05, 0) is 22.9 Å². The Morgan fingerprint density at radius 2 is 2.07 bits per heavy atom. The molecule has 15 heavy (non-hydrogen) atoms. The average molecular weight is 279 g/mol. The highest BCUT2D eigenvalue weighted by atomic mass is 79.9. The zero-order valence-electron chi connectivity index (χ0n) is 8.65. The molecule has 0 fully saturated rings. The van der Waals surface area contributed by atoms with E-state index in [0.29, 0.717) is 37.7 Å². The maximum atomic E-state index is 5.42. The van der Waals surface area contributed by atoms with Gasteiger partial charge in [0.05, 0.1) is 26.4 Å². The molecule has 86 valence electrons. The molecule has 0 amide bonds. The fraction of sp³-hybridized carbons (Fsp3) is 0.750. The van der Waals surface area contributed by atoms with Crippen molar-refractivity contribution in [2.45, 2.75) is 13.5 Å². The maximum Gasteiger partial charge on any atom is 0.240 e. The van der Waals surface area contributed by atoms with Crippen LogP contribution in [0, 0.1) is 0 Å². The van der Waals surface area contributed by atoms with E-state index in [4.69, 9.17) is 15.2 Å². The van der Waals surface area contributed by atoms with Crippen molar-refractivity contribution < 1.29 is 9.47 Å². The van der Waals surface area contributed by atoms with Gasteiger partial charge in [-0.2, -0.15) is 4.98 Å². The average Bonchev–Trinajstić information content (AvgIpc) is 2.51. The summed E-state index contributed by atoms with van der Waals surface area (Å²) in [4.78, 5) is 3.91. The van der Waals surface area contributed by atoms with Crippen LogP contribution in [0.25, 0.3) is 0 Å². The van der Waals surface area contributed by atoms with Crippen molar-refractivity contribution >= 4 is 21.9 Å². The van der Waals surface area contributed by atoms with Gasteiger partial charge in [-0.15, -0.1) is 5.10 Å². The molecule has 0 radical (unpaired) electrons. The van der Waals surface area contributed by atoms with Gasteiger partial charge in [0.25, 0.3) is 0 Å². The highest BCUT2D eigenvalue weighted by Crippen LogP contribution is 2.07. The lowest BCUT2D eigenvalue weighted by Crippen LogP contribution is -2.11. The quantitative estimate of drug-likeness (QED) is 0.743. The second-order valence-electron chi connectivity index (χ2n) is 2.77. The number of nitrogens with zero attached hydrogens (tertiary/aromatic N) is 3.